The second-order valence-corrected chi connectivity index (χ2v) is 6.72. The summed E-state index contributed by atoms with van der Waals surface area (Å²) in [6, 6.07) is 11.2. The number of rotatable bonds is 9. The molecule has 0 aliphatic heterocycles. The van der Waals surface area contributed by atoms with Gasteiger partial charge in [0.2, 0.25) is 11.7 Å². The molecule has 1 heterocycles. The van der Waals surface area contributed by atoms with Crippen LogP contribution >= 0.6 is 0 Å². The third kappa shape index (κ3) is 5.11. The number of carbonyl (C=O) groups is 1. The molecule has 3 rings (SSSR count). The summed E-state index contributed by atoms with van der Waals surface area (Å²) in [5, 5.41) is 3.98. The standard InChI is InChI=1S/C22H24FN3O5/c1-5-17(30-18-9-7-6-8-16(18)23)22(27)26(2)13-20-24-21(25-31-20)15-11-10-14(28-3)12-19(15)29-4/h6-12,17H,5,13H2,1-4H3/t17-/m0/s1. The maximum absolute atomic E-state index is 13.9. The summed E-state index contributed by atoms with van der Waals surface area (Å²) in [4.78, 5) is 18.6. The van der Waals surface area contributed by atoms with Gasteiger partial charge in [0.1, 0.15) is 11.5 Å². The number of ether oxygens (including phenoxy) is 3. The van der Waals surface area contributed by atoms with Crippen molar-refractivity contribution in [2.75, 3.05) is 21.3 Å². The maximum Gasteiger partial charge on any atom is 0.263 e. The number of likely N-dealkylation sites (N-methyl/N-ethyl adjacent to an activating group) is 1. The smallest absolute Gasteiger partial charge is 0.263 e. The lowest BCUT2D eigenvalue weighted by molar-refractivity contribution is -0.138. The zero-order valence-electron chi connectivity index (χ0n) is 17.8. The van der Waals surface area contributed by atoms with Crippen LogP contribution in [0.3, 0.4) is 0 Å². The minimum Gasteiger partial charge on any atom is -0.497 e. The molecule has 0 radical (unpaired) electrons. The largest absolute Gasteiger partial charge is 0.497 e. The molecule has 0 aliphatic rings. The molecule has 9 heteroatoms. The highest BCUT2D eigenvalue weighted by atomic mass is 19.1. The summed E-state index contributed by atoms with van der Waals surface area (Å²) in [7, 11) is 4.69. The number of carbonyl (C=O) groups excluding carboxylic acids is 1. The van der Waals surface area contributed by atoms with Crippen LogP contribution in [0.4, 0.5) is 4.39 Å². The normalized spacial score (nSPS) is 11.6. The highest BCUT2D eigenvalue weighted by Crippen LogP contribution is 2.31. The number of amides is 1. The van der Waals surface area contributed by atoms with E-state index >= 15 is 0 Å². The van der Waals surface area contributed by atoms with E-state index in [1.807, 2.05) is 0 Å². The number of hydrogen-bond acceptors (Lipinski definition) is 7. The van der Waals surface area contributed by atoms with Gasteiger partial charge >= 0.3 is 0 Å². The molecule has 164 valence electrons. The van der Waals surface area contributed by atoms with Gasteiger partial charge in [-0.1, -0.05) is 24.2 Å². The Hall–Kier alpha value is -3.62. The van der Waals surface area contributed by atoms with E-state index < -0.39 is 11.9 Å². The van der Waals surface area contributed by atoms with Crippen LogP contribution in [0.15, 0.2) is 47.0 Å². The fourth-order valence-electron chi connectivity index (χ4n) is 2.94. The van der Waals surface area contributed by atoms with Gasteiger partial charge in [-0.2, -0.15) is 4.98 Å². The second-order valence-electron chi connectivity index (χ2n) is 6.72. The number of benzene rings is 2. The van der Waals surface area contributed by atoms with Crippen molar-refractivity contribution in [3.63, 3.8) is 0 Å². The van der Waals surface area contributed by atoms with E-state index in [1.54, 1.807) is 51.4 Å². The molecule has 0 spiro atoms. The van der Waals surface area contributed by atoms with Crippen molar-refractivity contribution in [1.29, 1.82) is 0 Å². The molecule has 0 N–H and O–H groups in total. The van der Waals surface area contributed by atoms with Crippen LogP contribution in [0.5, 0.6) is 17.2 Å². The van der Waals surface area contributed by atoms with Gasteiger partial charge in [-0.05, 0) is 30.7 Å². The zero-order valence-corrected chi connectivity index (χ0v) is 17.8. The first kappa shape index (κ1) is 22.1. The molecular formula is C22H24FN3O5. The van der Waals surface area contributed by atoms with E-state index in [0.717, 1.165) is 0 Å². The minimum atomic E-state index is -0.842. The fourth-order valence-corrected chi connectivity index (χ4v) is 2.94. The van der Waals surface area contributed by atoms with Gasteiger partial charge in [-0.15, -0.1) is 0 Å². The third-order valence-electron chi connectivity index (χ3n) is 4.62. The van der Waals surface area contributed by atoms with Crippen molar-refractivity contribution in [3.8, 4) is 28.6 Å². The Bertz CT molecular complexity index is 1040. The average molecular weight is 429 g/mol. The van der Waals surface area contributed by atoms with Crippen molar-refractivity contribution in [3.05, 3.63) is 54.2 Å². The highest BCUT2D eigenvalue weighted by Gasteiger charge is 2.25. The van der Waals surface area contributed by atoms with Crippen LogP contribution in [-0.4, -0.2) is 48.3 Å². The van der Waals surface area contributed by atoms with Crippen LogP contribution in [0.1, 0.15) is 19.2 Å². The molecule has 0 saturated carbocycles. The third-order valence-corrected chi connectivity index (χ3v) is 4.62. The number of para-hydroxylation sites is 1. The van der Waals surface area contributed by atoms with Gasteiger partial charge in [-0.25, -0.2) is 4.39 Å². The summed E-state index contributed by atoms with van der Waals surface area (Å²) in [6.07, 6.45) is -0.471. The van der Waals surface area contributed by atoms with E-state index in [2.05, 4.69) is 10.1 Å². The Kier molecular flexibility index (Phi) is 7.07. The van der Waals surface area contributed by atoms with Crippen molar-refractivity contribution < 1.29 is 27.9 Å². The molecule has 0 fully saturated rings. The van der Waals surface area contributed by atoms with Crippen molar-refractivity contribution in [2.45, 2.75) is 26.0 Å². The Morgan fingerprint density at radius 1 is 1.16 bits per heavy atom. The molecule has 1 atom stereocenters. The van der Waals surface area contributed by atoms with E-state index in [1.165, 1.54) is 24.1 Å². The summed E-state index contributed by atoms with van der Waals surface area (Å²) < 4.78 is 35.3. The van der Waals surface area contributed by atoms with Gasteiger partial charge in [0.05, 0.1) is 26.3 Å². The van der Waals surface area contributed by atoms with Crippen molar-refractivity contribution >= 4 is 5.91 Å². The van der Waals surface area contributed by atoms with Gasteiger partial charge in [0.25, 0.3) is 5.91 Å². The monoisotopic (exact) mass is 429 g/mol. The lowest BCUT2D eigenvalue weighted by atomic mass is 10.2. The summed E-state index contributed by atoms with van der Waals surface area (Å²) in [5.41, 5.74) is 0.626. The van der Waals surface area contributed by atoms with Gasteiger partial charge in [-0.3, -0.25) is 4.79 Å². The Morgan fingerprint density at radius 3 is 2.61 bits per heavy atom. The SMILES string of the molecule is CC[C@H](Oc1ccccc1F)C(=O)N(C)Cc1nc(-c2ccc(OC)cc2OC)no1. The molecule has 0 unspecified atom stereocenters. The number of halogens is 1. The number of nitrogens with zero attached hydrogens (tertiary/aromatic N) is 3. The highest BCUT2D eigenvalue weighted by molar-refractivity contribution is 5.81. The van der Waals surface area contributed by atoms with Crippen molar-refractivity contribution in [1.82, 2.24) is 15.0 Å². The summed E-state index contributed by atoms with van der Waals surface area (Å²) >= 11 is 0. The molecular weight excluding hydrogens is 405 g/mol. The van der Waals surface area contributed by atoms with Crippen LogP contribution in [0.25, 0.3) is 11.4 Å². The number of hydrogen-bond donors (Lipinski definition) is 0. The maximum atomic E-state index is 13.9. The first-order valence-corrected chi connectivity index (χ1v) is 9.68. The Labute approximate surface area is 179 Å². The lowest BCUT2D eigenvalue weighted by Crippen LogP contribution is -2.39. The molecule has 3 aromatic rings. The Morgan fingerprint density at radius 2 is 1.94 bits per heavy atom. The molecule has 0 bridgehead atoms. The van der Waals surface area contributed by atoms with Gasteiger partial charge in [0, 0.05) is 13.1 Å². The van der Waals surface area contributed by atoms with Crippen molar-refractivity contribution in [2.24, 2.45) is 0 Å². The predicted molar refractivity (Wildman–Crippen MR) is 110 cm³/mol. The number of aromatic nitrogens is 2. The predicted octanol–water partition coefficient (Wildman–Crippen LogP) is 3.71. The quantitative estimate of drug-likeness (QED) is 0.512. The molecule has 8 nitrogen and oxygen atoms in total. The summed E-state index contributed by atoms with van der Waals surface area (Å²) in [5.74, 6) is 0.909. The van der Waals surface area contributed by atoms with E-state index in [4.69, 9.17) is 18.7 Å². The van der Waals surface area contributed by atoms with E-state index in [-0.39, 0.29) is 24.1 Å². The molecule has 0 aliphatic carbocycles. The van der Waals surface area contributed by atoms with Crippen LogP contribution in [-0.2, 0) is 11.3 Å². The lowest BCUT2D eigenvalue weighted by Gasteiger charge is -2.22. The molecule has 1 amide bonds. The minimum absolute atomic E-state index is 0.0303. The van der Waals surface area contributed by atoms with Crippen LogP contribution in [0.2, 0.25) is 0 Å². The molecule has 31 heavy (non-hydrogen) atoms. The van der Waals surface area contributed by atoms with E-state index in [9.17, 15) is 9.18 Å². The fraction of sp³-hybridized carbons (Fsp3) is 0.318. The first-order chi connectivity index (χ1) is 15.0. The van der Waals surface area contributed by atoms with Crippen LogP contribution < -0.4 is 14.2 Å². The molecule has 1 aromatic heterocycles. The second kappa shape index (κ2) is 9.92. The Balaban J connectivity index is 1.71. The summed E-state index contributed by atoms with van der Waals surface area (Å²) in [6.45, 7) is 1.86. The zero-order chi connectivity index (χ0) is 22.4. The van der Waals surface area contributed by atoms with E-state index in [0.29, 0.717) is 29.3 Å². The first-order valence-electron chi connectivity index (χ1n) is 9.68. The topological polar surface area (TPSA) is 86.9 Å². The number of methoxy groups -OCH3 is 2. The average Bonchev–Trinajstić information content (AvgIpc) is 3.25. The van der Waals surface area contributed by atoms with Crippen LogP contribution in [0, 0.1) is 5.82 Å². The van der Waals surface area contributed by atoms with Gasteiger partial charge in [0.15, 0.2) is 17.7 Å². The van der Waals surface area contributed by atoms with Gasteiger partial charge < -0.3 is 23.6 Å². The molecule has 2 aromatic carbocycles. The molecule has 0 saturated heterocycles.